The third-order valence-corrected chi connectivity index (χ3v) is 5.64. The molecule has 7 heteroatoms. The summed E-state index contributed by atoms with van der Waals surface area (Å²) < 4.78 is 5.57. The summed E-state index contributed by atoms with van der Waals surface area (Å²) in [5.74, 6) is -1.29. The predicted octanol–water partition coefficient (Wildman–Crippen LogP) is 4.65. The van der Waals surface area contributed by atoms with Gasteiger partial charge in [0.1, 0.15) is 10.6 Å². The molecule has 1 aromatic heterocycles. The van der Waals surface area contributed by atoms with Crippen molar-refractivity contribution in [2.75, 3.05) is 5.32 Å². The number of carbonyl (C=O) groups excluding carboxylic acids is 2. The highest BCUT2D eigenvalue weighted by Crippen LogP contribution is 2.39. The third-order valence-electron chi connectivity index (χ3n) is 4.44. The molecule has 1 heterocycles. The van der Waals surface area contributed by atoms with Gasteiger partial charge in [0.2, 0.25) is 5.91 Å². The van der Waals surface area contributed by atoms with Gasteiger partial charge in [0, 0.05) is 11.0 Å². The molecule has 0 radical (unpaired) electrons. The lowest BCUT2D eigenvalue weighted by Crippen LogP contribution is -2.25. The zero-order valence-electron chi connectivity index (χ0n) is 16.7. The molecule has 2 aromatic rings. The second kappa shape index (κ2) is 8.29. The molecule has 1 aliphatic carbocycles. The Hall–Kier alpha value is -2.80. The van der Waals surface area contributed by atoms with E-state index >= 15 is 0 Å². The van der Waals surface area contributed by atoms with E-state index in [1.165, 1.54) is 35.6 Å². The molecule has 3 rings (SSSR count). The molecule has 3 N–H and O–H groups in total. The highest BCUT2D eigenvalue weighted by molar-refractivity contribution is 7.17. The fourth-order valence-corrected chi connectivity index (χ4v) is 4.45. The van der Waals surface area contributed by atoms with Crippen molar-refractivity contribution in [1.82, 2.24) is 0 Å². The summed E-state index contributed by atoms with van der Waals surface area (Å²) in [5, 5.41) is 22.2. The number of phenolic OH excluding ortho intramolecular Hbond substituents is 2. The minimum atomic E-state index is -0.622. The van der Waals surface area contributed by atoms with E-state index in [-0.39, 0.29) is 17.4 Å². The molecule has 154 valence electrons. The van der Waals surface area contributed by atoms with E-state index in [4.69, 9.17) is 4.74 Å². The average Bonchev–Trinajstić information content (AvgIpc) is 2.99. The number of aromatic hydroxyl groups is 2. The van der Waals surface area contributed by atoms with Gasteiger partial charge < -0.3 is 20.3 Å². The van der Waals surface area contributed by atoms with Gasteiger partial charge in [0.25, 0.3) is 0 Å². The van der Waals surface area contributed by atoms with E-state index < -0.39 is 11.6 Å². The van der Waals surface area contributed by atoms with Gasteiger partial charge in [-0.05, 0) is 75.8 Å². The number of thiophene rings is 1. The SMILES string of the molecule is CC(C)(C)OC(=O)c1c(NC(=O)C=Cc2ccc(O)c(O)c2)sc2c1CCCC2. The van der Waals surface area contributed by atoms with Gasteiger partial charge in [-0.15, -0.1) is 11.3 Å². The summed E-state index contributed by atoms with van der Waals surface area (Å²) in [5.41, 5.74) is 1.39. The Labute approximate surface area is 173 Å². The summed E-state index contributed by atoms with van der Waals surface area (Å²) in [6, 6.07) is 4.28. The van der Waals surface area contributed by atoms with E-state index in [0.29, 0.717) is 16.1 Å². The van der Waals surface area contributed by atoms with E-state index in [0.717, 1.165) is 36.1 Å². The average molecular weight is 416 g/mol. The molecule has 0 spiro atoms. The molecule has 0 aliphatic heterocycles. The minimum absolute atomic E-state index is 0.224. The minimum Gasteiger partial charge on any atom is -0.504 e. The van der Waals surface area contributed by atoms with Gasteiger partial charge in [0.05, 0.1) is 5.56 Å². The van der Waals surface area contributed by atoms with Crippen LogP contribution in [0.4, 0.5) is 5.00 Å². The van der Waals surface area contributed by atoms with Crippen LogP contribution in [0.5, 0.6) is 11.5 Å². The summed E-state index contributed by atoms with van der Waals surface area (Å²) >= 11 is 1.43. The Morgan fingerprint density at radius 3 is 2.55 bits per heavy atom. The van der Waals surface area contributed by atoms with Crippen LogP contribution in [0.2, 0.25) is 0 Å². The van der Waals surface area contributed by atoms with Crippen molar-refractivity contribution in [3.05, 3.63) is 45.8 Å². The number of esters is 1. The van der Waals surface area contributed by atoms with Crippen LogP contribution in [0.15, 0.2) is 24.3 Å². The number of hydrogen-bond donors (Lipinski definition) is 3. The van der Waals surface area contributed by atoms with Gasteiger partial charge in [-0.1, -0.05) is 6.07 Å². The monoisotopic (exact) mass is 415 g/mol. The zero-order chi connectivity index (χ0) is 21.2. The molecule has 0 fully saturated rings. The second-order valence-corrected chi connectivity index (χ2v) is 9.09. The first-order valence-electron chi connectivity index (χ1n) is 9.53. The van der Waals surface area contributed by atoms with Crippen molar-refractivity contribution in [1.29, 1.82) is 0 Å². The number of ether oxygens (including phenoxy) is 1. The topological polar surface area (TPSA) is 95.9 Å². The number of nitrogens with one attached hydrogen (secondary N) is 1. The number of fused-ring (bicyclic) bond motifs is 1. The highest BCUT2D eigenvalue weighted by atomic mass is 32.1. The summed E-state index contributed by atoms with van der Waals surface area (Å²) in [6.07, 6.45) is 6.63. The molecule has 0 saturated carbocycles. The molecule has 0 bridgehead atoms. The smallest absolute Gasteiger partial charge is 0.341 e. The molecule has 0 atom stereocenters. The quantitative estimate of drug-likeness (QED) is 0.384. The van der Waals surface area contributed by atoms with Gasteiger partial charge in [-0.25, -0.2) is 4.79 Å². The van der Waals surface area contributed by atoms with Gasteiger partial charge >= 0.3 is 5.97 Å². The van der Waals surface area contributed by atoms with Crippen LogP contribution in [0.25, 0.3) is 6.08 Å². The lowest BCUT2D eigenvalue weighted by atomic mass is 9.95. The lowest BCUT2D eigenvalue weighted by molar-refractivity contribution is -0.111. The number of amides is 1. The van der Waals surface area contributed by atoms with Crippen molar-refractivity contribution < 1.29 is 24.5 Å². The maximum Gasteiger partial charge on any atom is 0.341 e. The van der Waals surface area contributed by atoms with Crippen LogP contribution in [-0.4, -0.2) is 27.7 Å². The van der Waals surface area contributed by atoms with Crippen molar-refractivity contribution in [2.45, 2.75) is 52.1 Å². The van der Waals surface area contributed by atoms with Crippen molar-refractivity contribution in [3.63, 3.8) is 0 Å². The number of anilines is 1. The third kappa shape index (κ3) is 5.17. The fraction of sp³-hybridized carbons (Fsp3) is 0.364. The second-order valence-electron chi connectivity index (χ2n) is 7.99. The Morgan fingerprint density at radius 2 is 1.86 bits per heavy atom. The molecule has 1 aliphatic rings. The number of rotatable bonds is 4. The predicted molar refractivity (Wildman–Crippen MR) is 114 cm³/mol. The molecule has 0 unspecified atom stereocenters. The molecule has 1 amide bonds. The van der Waals surface area contributed by atoms with Crippen LogP contribution >= 0.6 is 11.3 Å². The first-order chi connectivity index (χ1) is 13.6. The van der Waals surface area contributed by atoms with Crippen molar-refractivity contribution in [3.8, 4) is 11.5 Å². The van der Waals surface area contributed by atoms with E-state index in [1.807, 2.05) is 20.8 Å². The van der Waals surface area contributed by atoms with Crippen LogP contribution in [0.1, 0.15) is 60.0 Å². The van der Waals surface area contributed by atoms with Crippen LogP contribution < -0.4 is 5.32 Å². The number of carbonyl (C=O) groups is 2. The molecule has 0 saturated heterocycles. The zero-order valence-corrected chi connectivity index (χ0v) is 17.6. The van der Waals surface area contributed by atoms with E-state index in [1.54, 1.807) is 6.07 Å². The largest absolute Gasteiger partial charge is 0.504 e. The maximum atomic E-state index is 12.8. The highest BCUT2D eigenvalue weighted by Gasteiger charge is 2.29. The number of hydrogen-bond acceptors (Lipinski definition) is 6. The molecule has 29 heavy (non-hydrogen) atoms. The molecular weight excluding hydrogens is 390 g/mol. The maximum absolute atomic E-state index is 12.8. The molecular formula is C22H25NO5S. The van der Waals surface area contributed by atoms with Gasteiger partial charge in [-0.3, -0.25) is 4.79 Å². The van der Waals surface area contributed by atoms with E-state index in [2.05, 4.69) is 5.32 Å². The number of benzene rings is 1. The summed E-state index contributed by atoms with van der Waals surface area (Å²) in [7, 11) is 0. The van der Waals surface area contributed by atoms with Gasteiger partial charge in [0.15, 0.2) is 11.5 Å². The van der Waals surface area contributed by atoms with Crippen molar-refractivity contribution >= 4 is 34.3 Å². The Kier molecular flexibility index (Phi) is 5.98. The summed E-state index contributed by atoms with van der Waals surface area (Å²) in [4.78, 5) is 26.4. The first kappa shape index (κ1) is 20.9. The standard InChI is InChI=1S/C22H25NO5S/c1-22(2,3)28-21(27)19-14-6-4-5-7-17(14)29-20(19)23-18(26)11-9-13-8-10-15(24)16(25)12-13/h8-12,24-25H,4-7H2,1-3H3,(H,23,26). The number of phenols is 2. The normalized spacial score (nSPS) is 13.9. The number of aryl methyl sites for hydroxylation is 1. The summed E-state index contributed by atoms with van der Waals surface area (Å²) in [6.45, 7) is 5.45. The lowest BCUT2D eigenvalue weighted by Gasteiger charge is -2.21. The molecule has 1 aromatic carbocycles. The Morgan fingerprint density at radius 1 is 1.14 bits per heavy atom. The fourth-order valence-electron chi connectivity index (χ4n) is 3.17. The van der Waals surface area contributed by atoms with Gasteiger partial charge in [-0.2, -0.15) is 0 Å². The van der Waals surface area contributed by atoms with Crippen molar-refractivity contribution in [2.24, 2.45) is 0 Å². The molecule has 6 nitrogen and oxygen atoms in total. The van der Waals surface area contributed by atoms with Crippen LogP contribution in [0, 0.1) is 0 Å². The van der Waals surface area contributed by atoms with E-state index in [9.17, 15) is 19.8 Å². The van der Waals surface area contributed by atoms with Crippen LogP contribution in [0.3, 0.4) is 0 Å². The Balaban J connectivity index is 1.83. The Bertz CT molecular complexity index is 968. The first-order valence-corrected chi connectivity index (χ1v) is 10.3. The van der Waals surface area contributed by atoms with Crippen LogP contribution in [-0.2, 0) is 22.4 Å².